The summed E-state index contributed by atoms with van der Waals surface area (Å²) in [7, 11) is -2.55. The lowest BCUT2D eigenvalue weighted by Crippen LogP contribution is -2.17. The Bertz CT molecular complexity index is 853. The Hall–Kier alpha value is -2.35. The van der Waals surface area contributed by atoms with Gasteiger partial charge >= 0.3 is 5.97 Å². The van der Waals surface area contributed by atoms with Crippen LogP contribution in [0.5, 0.6) is 0 Å². The van der Waals surface area contributed by atoms with Gasteiger partial charge < -0.3 is 5.11 Å². The summed E-state index contributed by atoms with van der Waals surface area (Å²) in [6.07, 6.45) is 0. The van der Waals surface area contributed by atoms with Crippen LogP contribution in [0.3, 0.4) is 0 Å². The van der Waals surface area contributed by atoms with Crippen LogP contribution in [0.4, 0.5) is 5.69 Å². The predicted octanol–water partition coefficient (Wildman–Crippen LogP) is 1.84. The first kappa shape index (κ1) is 16.0. The fourth-order valence-corrected chi connectivity index (χ4v) is 3.50. The van der Waals surface area contributed by atoms with Crippen LogP contribution in [0.1, 0.15) is 27.3 Å². The molecule has 0 saturated carbocycles. The van der Waals surface area contributed by atoms with Gasteiger partial charge in [-0.1, -0.05) is 6.07 Å². The summed E-state index contributed by atoms with van der Waals surface area (Å²) in [5.74, 6) is -1.39. The van der Waals surface area contributed by atoms with Gasteiger partial charge in [-0.3, -0.25) is 9.40 Å². The number of nitrogens with zero attached hydrogens (tertiary/aromatic N) is 2. The van der Waals surface area contributed by atoms with Crippen molar-refractivity contribution in [3.05, 3.63) is 40.7 Å². The van der Waals surface area contributed by atoms with Crippen LogP contribution in [0.2, 0.25) is 0 Å². The van der Waals surface area contributed by atoms with Gasteiger partial charge in [0, 0.05) is 12.7 Å². The lowest BCUT2D eigenvalue weighted by Gasteiger charge is -2.10. The third kappa shape index (κ3) is 2.82. The van der Waals surface area contributed by atoms with Crippen LogP contribution in [-0.2, 0) is 17.1 Å². The van der Waals surface area contributed by atoms with Gasteiger partial charge in [-0.05, 0) is 44.0 Å². The highest BCUT2D eigenvalue weighted by Crippen LogP contribution is 2.23. The maximum absolute atomic E-state index is 12.5. The van der Waals surface area contributed by atoms with Crippen molar-refractivity contribution in [1.82, 2.24) is 9.78 Å². The minimum atomic E-state index is -4.04. The van der Waals surface area contributed by atoms with E-state index in [0.717, 1.165) is 11.1 Å². The molecule has 0 bridgehead atoms. The number of rotatable bonds is 4. The molecule has 0 amide bonds. The van der Waals surface area contributed by atoms with Gasteiger partial charge in [0.2, 0.25) is 0 Å². The summed E-state index contributed by atoms with van der Waals surface area (Å²) in [6.45, 7) is 5.29. The number of hydrogen-bond acceptors (Lipinski definition) is 4. The molecule has 0 unspecified atom stereocenters. The quantitative estimate of drug-likeness (QED) is 0.894. The third-order valence-electron chi connectivity index (χ3n) is 3.51. The van der Waals surface area contributed by atoms with Gasteiger partial charge in [0.25, 0.3) is 10.0 Å². The maximum Gasteiger partial charge on any atom is 0.357 e. The molecule has 8 heteroatoms. The number of hydrogen-bond donors (Lipinski definition) is 2. The predicted molar refractivity (Wildman–Crippen MR) is 81.6 cm³/mol. The fourth-order valence-electron chi connectivity index (χ4n) is 2.06. The SMILES string of the molecule is Cc1ccc(NS(=O)(=O)c2c(C(=O)O)nn(C)c2C)cc1C. The van der Waals surface area contributed by atoms with E-state index >= 15 is 0 Å². The molecule has 0 atom stereocenters. The molecule has 118 valence electrons. The zero-order chi connectivity index (χ0) is 16.7. The molecule has 0 aliphatic carbocycles. The number of carboxylic acids is 1. The molecule has 0 spiro atoms. The summed E-state index contributed by atoms with van der Waals surface area (Å²) in [5, 5.41) is 12.9. The van der Waals surface area contributed by atoms with E-state index in [1.807, 2.05) is 13.8 Å². The molecule has 0 aliphatic heterocycles. The molecule has 0 saturated heterocycles. The molecular formula is C14H17N3O4S. The molecule has 22 heavy (non-hydrogen) atoms. The molecule has 1 aromatic carbocycles. The second-order valence-electron chi connectivity index (χ2n) is 5.10. The smallest absolute Gasteiger partial charge is 0.357 e. The van der Waals surface area contributed by atoms with E-state index in [2.05, 4.69) is 9.82 Å². The molecule has 2 rings (SSSR count). The highest BCUT2D eigenvalue weighted by molar-refractivity contribution is 7.92. The average Bonchev–Trinajstić information content (AvgIpc) is 2.71. The Morgan fingerprint density at radius 2 is 1.86 bits per heavy atom. The van der Waals surface area contributed by atoms with Crippen LogP contribution in [-0.4, -0.2) is 29.3 Å². The number of aromatic carboxylic acids is 1. The topological polar surface area (TPSA) is 101 Å². The van der Waals surface area contributed by atoms with E-state index in [-0.39, 0.29) is 10.6 Å². The molecule has 2 N–H and O–H groups in total. The van der Waals surface area contributed by atoms with Gasteiger partial charge in [-0.15, -0.1) is 0 Å². The van der Waals surface area contributed by atoms with Gasteiger partial charge in [0.1, 0.15) is 4.90 Å². The minimum Gasteiger partial charge on any atom is -0.476 e. The Balaban J connectivity index is 2.51. The Morgan fingerprint density at radius 1 is 1.23 bits per heavy atom. The van der Waals surface area contributed by atoms with Crippen LogP contribution in [0, 0.1) is 20.8 Å². The lowest BCUT2D eigenvalue weighted by molar-refractivity contribution is 0.0685. The van der Waals surface area contributed by atoms with Crippen molar-refractivity contribution in [1.29, 1.82) is 0 Å². The number of aryl methyl sites for hydroxylation is 3. The monoisotopic (exact) mass is 323 g/mol. The van der Waals surface area contributed by atoms with Gasteiger partial charge in [0.05, 0.1) is 5.69 Å². The molecule has 0 radical (unpaired) electrons. The molecule has 1 heterocycles. The first-order valence-corrected chi connectivity index (χ1v) is 7.98. The molecule has 7 nitrogen and oxygen atoms in total. The maximum atomic E-state index is 12.5. The van der Waals surface area contributed by atoms with Crippen molar-refractivity contribution in [2.45, 2.75) is 25.7 Å². The fraction of sp³-hybridized carbons (Fsp3) is 0.286. The highest BCUT2D eigenvalue weighted by atomic mass is 32.2. The summed E-state index contributed by atoms with van der Waals surface area (Å²) >= 11 is 0. The number of sulfonamides is 1. The standard InChI is InChI=1S/C14H17N3O4S/c1-8-5-6-11(7-9(8)2)16-22(20,21)13-10(3)17(4)15-12(13)14(18)19/h5-7,16H,1-4H3,(H,18,19). The number of aromatic nitrogens is 2. The van der Waals surface area contributed by atoms with Gasteiger partial charge in [0.15, 0.2) is 5.69 Å². The Morgan fingerprint density at radius 3 is 2.41 bits per heavy atom. The van der Waals surface area contributed by atoms with E-state index in [9.17, 15) is 13.2 Å². The van der Waals surface area contributed by atoms with Crippen molar-refractivity contribution in [3.8, 4) is 0 Å². The number of carbonyl (C=O) groups is 1. The third-order valence-corrected chi connectivity index (χ3v) is 5.04. The largest absolute Gasteiger partial charge is 0.476 e. The van der Waals surface area contributed by atoms with Crippen LogP contribution in [0.25, 0.3) is 0 Å². The summed E-state index contributed by atoms with van der Waals surface area (Å²) in [4.78, 5) is 10.9. The number of benzene rings is 1. The summed E-state index contributed by atoms with van der Waals surface area (Å²) < 4.78 is 28.7. The zero-order valence-corrected chi connectivity index (χ0v) is 13.5. The van der Waals surface area contributed by atoms with Crippen molar-refractivity contribution >= 4 is 21.7 Å². The molecular weight excluding hydrogens is 306 g/mol. The van der Waals surface area contributed by atoms with Gasteiger partial charge in [-0.2, -0.15) is 5.10 Å². The lowest BCUT2D eigenvalue weighted by atomic mass is 10.1. The van der Waals surface area contributed by atoms with E-state index in [4.69, 9.17) is 5.11 Å². The van der Waals surface area contributed by atoms with Crippen molar-refractivity contribution < 1.29 is 18.3 Å². The first-order valence-electron chi connectivity index (χ1n) is 6.50. The minimum absolute atomic E-state index is 0.258. The molecule has 1 aromatic heterocycles. The second-order valence-corrected chi connectivity index (χ2v) is 6.72. The van der Waals surface area contributed by atoms with Gasteiger partial charge in [-0.25, -0.2) is 13.2 Å². The van der Waals surface area contributed by atoms with E-state index in [1.165, 1.54) is 18.7 Å². The second kappa shape index (κ2) is 5.45. The normalized spacial score (nSPS) is 11.5. The van der Waals surface area contributed by atoms with Crippen LogP contribution < -0.4 is 4.72 Å². The molecule has 2 aromatic rings. The number of anilines is 1. The van der Waals surface area contributed by atoms with Crippen LogP contribution >= 0.6 is 0 Å². The first-order chi connectivity index (χ1) is 10.1. The zero-order valence-electron chi connectivity index (χ0n) is 12.7. The van der Waals surface area contributed by atoms with Crippen molar-refractivity contribution in [2.75, 3.05) is 4.72 Å². The number of nitrogens with one attached hydrogen (secondary N) is 1. The van der Waals surface area contributed by atoms with E-state index in [0.29, 0.717) is 5.69 Å². The van der Waals surface area contributed by atoms with E-state index in [1.54, 1.807) is 18.2 Å². The number of carboxylic acid groups (broad SMARTS) is 1. The highest BCUT2D eigenvalue weighted by Gasteiger charge is 2.29. The van der Waals surface area contributed by atoms with Crippen LogP contribution in [0.15, 0.2) is 23.1 Å². The van der Waals surface area contributed by atoms with Crippen molar-refractivity contribution in [2.24, 2.45) is 7.05 Å². The average molecular weight is 323 g/mol. The summed E-state index contributed by atoms with van der Waals surface area (Å²) in [6, 6.07) is 5.12. The summed E-state index contributed by atoms with van der Waals surface area (Å²) in [5.41, 5.74) is 2.11. The molecule has 0 fully saturated rings. The Kier molecular flexibility index (Phi) is 3.97. The molecule has 0 aliphatic rings. The Labute approximate surface area is 128 Å². The van der Waals surface area contributed by atoms with E-state index < -0.39 is 21.7 Å². The van der Waals surface area contributed by atoms with Crippen molar-refractivity contribution in [3.63, 3.8) is 0 Å².